The van der Waals surface area contributed by atoms with Gasteiger partial charge in [-0.25, -0.2) is 9.37 Å². The summed E-state index contributed by atoms with van der Waals surface area (Å²) in [5.74, 6) is 1.00. The van der Waals surface area contributed by atoms with Crippen molar-refractivity contribution in [3.8, 4) is 0 Å². The summed E-state index contributed by atoms with van der Waals surface area (Å²) in [5, 5.41) is 0. The second-order valence-corrected chi connectivity index (χ2v) is 9.06. The zero-order valence-electron chi connectivity index (χ0n) is 18.0. The summed E-state index contributed by atoms with van der Waals surface area (Å²) in [6.07, 6.45) is 5.06. The van der Waals surface area contributed by atoms with E-state index in [0.29, 0.717) is 11.8 Å². The van der Waals surface area contributed by atoms with Crippen LogP contribution in [0.25, 0.3) is 11.0 Å². The number of hydrogen-bond donors (Lipinski definition) is 0. The summed E-state index contributed by atoms with van der Waals surface area (Å²) in [7, 11) is 1.94. The van der Waals surface area contributed by atoms with Gasteiger partial charge in [-0.15, -0.1) is 0 Å². The fraction of sp³-hybridized carbons (Fsp3) is 0.440. The van der Waals surface area contributed by atoms with E-state index in [-0.39, 0.29) is 11.7 Å². The second-order valence-electron chi connectivity index (χ2n) is 9.06. The predicted octanol–water partition coefficient (Wildman–Crippen LogP) is 4.05. The normalized spacial score (nSPS) is 20.6. The van der Waals surface area contributed by atoms with Crippen LogP contribution in [0.5, 0.6) is 0 Å². The molecule has 0 aliphatic carbocycles. The van der Waals surface area contributed by atoms with E-state index in [0.717, 1.165) is 68.6 Å². The lowest BCUT2D eigenvalue weighted by atomic mass is 9.89. The Morgan fingerprint density at radius 2 is 1.84 bits per heavy atom. The Hall–Kier alpha value is -2.73. The lowest BCUT2D eigenvalue weighted by molar-refractivity contribution is 0.0783. The van der Waals surface area contributed by atoms with Crippen LogP contribution in [0.3, 0.4) is 0 Å². The highest BCUT2D eigenvalue weighted by molar-refractivity contribution is 6.05. The number of piperidine rings is 1. The van der Waals surface area contributed by atoms with Crippen LogP contribution in [0, 0.1) is 11.7 Å². The fourth-order valence-corrected chi connectivity index (χ4v) is 5.27. The Morgan fingerprint density at radius 3 is 2.61 bits per heavy atom. The zero-order chi connectivity index (χ0) is 21.4. The number of carbonyl (C=O) groups is 1. The molecular weight excluding hydrogens is 391 g/mol. The number of nitrogens with zero attached hydrogens (tertiary/aromatic N) is 4. The number of amides is 1. The first-order valence-electron chi connectivity index (χ1n) is 11.3. The number of imidazole rings is 1. The number of hydrogen-bond acceptors (Lipinski definition) is 3. The number of aryl methyl sites for hydroxylation is 1. The molecule has 31 heavy (non-hydrogen) atoms. The van der Waals surface area contributed by atoms with Crippen LogP contribution in [0.1, 0.15) is 41.1 Å². The molecule has 2 fully saturated rings. The standard InChI is InChI=1S/C25H29FN4O/c1-28-17-27-23-4-2-3-22(24(23)28)25(31)30-14-9-18(16-30)15-29-12-10-20(11-13-29)19-5-7-21(26)8-6-19/h2-8,17-18,20H,9-16H2,1H3/t18-/m1/s1. The molecule has 0 saturated carbocycles. The van der Waals surface area contributed by atoms with Gasteiger partial charge in [-0.1, -0.05) is 18.2 Å². The SMILES string of the molecule is Cn1cnc2cccc(C(=O)N3CC[C@H](CN4CCC(c5ccc(F)cc5)CC4)C3)c21. The molecule has 3 heterocycles. The molecule has 2 aliphatic heterocycles. The van der Waals surface area contributed by atoms with Gasteiger partial charge in [-0.2, -0.15) is 0 Å². The van der Waals surface area contributed by atoms with E-state index < -0.39 is 0 Å². The monoisotopic (exact) mass is 420 g/mol. The van der Waals surface area contributed by atoms with Crippen molar-refractivity contribution in [3.63, 3.8) is 0 Å². The number of benzene rings is 2. The molecule has 162 valence electrons. The molecule has 6 heteroatoms. The molecule has 2 aliphatic rings. The van der Waals surface area contributed by atoms with Crippen LogP contribution in [0.2, 0.25) is 0 Å². The number of halogens is 1. The highest BCUT2D eigenvalue weighted by atomic mass is 19.1. The van der Waals surface area contributed by atoms with Gasteiger partial charge in [0, 0.05) is 26.7 Å². The molecule has 3 aromatic rings. The highest BCUT2D eigenvalue weighted by Gasteiger charge is 2.30. The van der Waals surface area contributed by atoms with Crippen molar-refractivity contribution in [2.24, 2.45) is 13.0 Å². The summed E-state index contributed by atoms with van der Waals surface area (Å²) < 4.78 is 15.1. The number of likely N-dealkylation sites (tertiary alicyclic amines) is 2. The van der Waals surface area contributed by atoms with Gasteiger partial charge in [-0.05, 0) is 74.0 Å². The molecule has 1 aromatic heterocycles. The van der Waals surface area contributed by atoms with Gasteiger partial charge in [0.25, 0.3) is 5.91 Å². The first-order valence-corrected chi connectivity index (χ1v) is 11.3. The van der Waals surface area contributed by atoms with Crippen molar-refractivity contribution in [2.75, 3.05) is 32.7 Å². The third-order valence-electron chi connectivity index (χ3n) is 6.99. The maximum atomic E-state index is 13.2. The van der Waals surface area contributed by atoms with Gasteiger partial charge in [0.15, 0.2) is 0 Å². The zero-order valence-corrected chi connectivity index (χ0v) is 18.0. The first kappa shape index (κ1) is 20.2. The third-order valence-corrected chi connectivity index (χ3v) is 6.99. The summed E-state index contributed by atoms with van der Waals surface area (Å²) in [6, 6.07) is 12.8. The minimum atomic E-state index is -0.166. The average Bonchev–Trinajstić information content (AvgIpc) is 3.41. The van der Waals surface area contributed by atoms with Gasteiger partial charge >= 0.3 is 0 Å². The Labute approximate surface area is 182 Å². The van der Waals surface area contributed by atoms with E-state index in [4.69, 9.17) is 0 Å². The molecule has 0 N–H and O–H groups in total. The first-order chi connectivity index (χ1) is 15.1. The highest BCUT2D eigenvalue weighted by Crippen LogP contribution is 2.30. The van der Waals surface area contributed by atoms with Crippen LogP contribution < -0.4 is 0 Å². The van der Waals surface area contributed by atoms with Crippen molar-refractivity contribution in [3.05, 3.63) is 65.7 Å². The Balaban J connectivity index is 1.17. The number of rotatable bonds is 4. The maximum Gasteiger partial charge on any atom is 0.256 e. The summed E-state index contributed by atoms with van der Waals surface area (Å²) in [5.41, 5.74) is 3.79. The molecule has 5 nitrogen and oxygen atoms in total. The van der Waals surface area contributed by atoms with E-state index in [9.17, 15) is 9.18 Å². The van der Waals surface area contributed by atoms with Crippen LogP contribution in [0.4, 0.5) is 4.39 Å². The molecule has 0 radical (unpaired) electrons. The van der Waals surface area contributed by atoms with E-state index in [1.54, 1.807) is 18.5 Å². The smallest absolute Gasteiger partial charge is 0.256 e. The van der Waals surface area contributed by atoms with Gasteiger partial charge < -0.3 is 14.4 Å². The minimum absolute atomic E-state index is 0.117. The summed E-state index contributed by atoms with van der Waals surface area (Å²) in [4.78, 5) is 22.2. The molecule has 1 atom stereocenters. The van der Waals surface area contributed by atoms with Crippen LogP contribution in [0.15, 0.2) is 48.8 Å². The molecule has 0 spiro atoms. The lowest BCUT2D eigenvalue weighted by Gasteiger charge is -2.33. The molecule has 0 unspecified atom stereocenters. The number of carbonyl (C=O) groups excluding carboxylic acids is 1. The van der Waals surface area contributed by atoms with Crippen LogP contribution in [-0.4, -0.2) is 58.0 Å². The van der Waals surface area contributed by atoms with Gasteiger partial charge in [-0.3, -0.25) is 4.79 Å². The van der Waals surface area contributed by atoms with Crippen molar-refractivity contribution >= 4 is 16.9 Å². The molecule has 2 aromatic carbocycles. The van der Waals surface area contributed by atoms with Crippen LogP contribution >= 0.6 is 0 Å². The lowest BCUT2D eigenvalue weighted by Crippen LogP contribution is -2.37. The second kappa shape index (κ2) is 8.42. The Kier molecular flexibility index (Phi) is 5.48. The van der Waals surface area contributed by atoms with Crippen LogP contribution in [-0.2, 0) is 7.05 Å². The fourth-order valence-electron chi connectivity index (χ4n) is 5.27. The Bertz CT molecular complexity index is 1070. The largest absolute Gasteiger partial charge is 0.338 e. The summed E-state index contributed by atoms with van der Waals surface area (Å²) >= 11 is 0. The van der Waals surface area contributed by atoms with E-state index in [2.05, 4.69) is 9.88 Å². The molecule has 2 saturated heterocycles. The van der Waals surface area contributed by atoms with E-state index in [1.807, 2.05) is 46.8 Å². The molecule has 0 bridgehead atoms. The average molecular weight is 421 g/mol. The number of para-hydroxylation sites is 1. The van der Waals surface area contributed by atoms with E-state index >= 15 is 0 Å². The third kappa shape index (κ3) is 4.09. The number of aromatic nitrogens is 2. The quantitative estimate of drug-likeness (QED) is 0.639. The maximum absolute atomic E-state index is 13.2. The topological polar surface area (TPSA) is 41.4 Å². The molecule has 5 rings (SSSR count). The predicted molar refractivity (Wildman–Crippen MR) is 120 cm³/mol. The summed E-state index contributed by atoms with van der Waals surface area (Å²) in [6.45, 7) is 4.84. The number of fused-ring (bicyclic) bond motifs is 1. The van der Waals surface area contributed by atoms with E-state index in [1.165, 1.54) is 5.56 Å². The van der Waals surface area contributed by atoms with Crippen molar-refractivity contribution in [2.45, 2.75) is 25.2 Å². The molecule has 1 amide bonds. The van der Waals surface area contributed by atoms with Crippen molar-refractivity contribution < 1.29 is 9.18 Å². The van der Waals surface area contributed by atoms with Crippen molar-refractivity contribution in [1.82, 2.24) is 19.4 Å². The van der Waals surface area contributed by atoms with Gasteiger partial charge in [0.05, 0.1) is 22.9 Å². The minimum Gasteiger partial charge on any atom is -0.338 e. The van der Waals surface area contributed by atoms with Gasteiger partial charge in [0.1, 0.15) is 5.82 Å². The van der Waals surface area contributed by atoms with Crippen molar-refractivity contribution in [1.29, 1.82) is 0 Å². The molecular formula is C25H29FN4O. The van der Waals surface area contributed by atoms with Gasteiger partial charge in [0.2, 0.25) is 0 Å². The Morgan fingerprint density at radius 1 is 1.06 bits per heavy atom.